The number of aliphatic hydroxyl groups excluding tert-OH is 1. The van der Waals surface area contributed by atoms with Crippen molar-refractivity contribution in [2.45, 2.75) is 38.0 Å². The van der Waals surface area contributed by atoms with Gasteiger partial charge in [-0.15, -0.1) is 0 Å². The predicted octanol–water partition coefficient (Wildman–Crippen LogP) is 1.69. The predicted molar refractivity (Wildman–Crippen MR) is 80.4 cm³/mol. The second-order valence-electron chi connectivity index (χ2n) is 6.36. The molecule has 1 heterocycles. The van der Waals surface area contributed by atoms with Crippen molar-refractivity contribution in [3.63, 3.8) is 0 Å². The maximum absolute atomic E-state index is 12.9. The molecule has 3 N–H and O–H groups in total. The van der Waals surface area contributed by atoms with E-state index in [-0.39, 0.29) is 30.2 Å². The molecule has 0 amide bonds. The fourth-order valence-corrected chi connectivity index (χ4v) is 2.88. The average molecular weight is 296 g/mol. The highest BCUT2D eigenvalue weighted by molar-refractivity contribution is 5.19. The number of morpholine rings is 1. The molecule has 0 bridgehead atoms. The molecule has 0 radical (unpaired) electrons. The van der Waals surface area contributed by atoms with Gasteiger partial charge < -0.3 is 15.6 Å². The Labute approximate surface area is 125 Å². The third-order valence-corrected chi connectivity index (χ3v) is 3.81. The van der Waals surface area contributed by atoms with E-state index in [0.717, 1.165) is 31.6 Å². The van der Waals surface area contributed by atoms with E-state index < -0.39 is 0 Å². The van der Waals surface area contributed by atoms with Crippen molar-refractivity contribution in [2.24, 2.45) is 5.73 Å². The minimum atomic E-state index is -0.258. The summed E-state index contributed by atoms with van der Waals surface area (Å²) < 4.78 is 18.7. The molecule has 2 rings (SSSR count). The van der Waals surface area contributed by atoms with E-state index in [1.165, 1.54) is 12.1 Å². The number of hydrogen-bond donors (Lipinski definition) is 2. The molecule has 2 atom stereocenters. The maximum atomic E-state index is 12.9. The van der Waals surface area contributed by atoms with Gasteiger partial charge in [-0.05, 0) is 38.0 Å². The van der Waals surface area contributed by atoms with Crippen LogP contribution in [0.15, 0.2) is 24.3 Å². The van der Waals surface area contributed by atoms with Crippen LogP contribution in [0.25, 0.3) is 0 Å². The Bertz CT molecular complexity index is 450. The summed E-state index contributed by atoms with van der Waals surface area (Å²) in [7, 11) is 0. The number of nitrogens with zero attached hydrogens (tertiary/aromatic N) is 1. The Morgan fingerprint density at radius 2 is 2.10 bits per heavy atom. The molecule has 21 heavy (non-hydrogen) atoms. The minimum Gasteiger partial charge on any atom is -0.394 e. The molecular weight excluding hydrogens is 271 g/mol. The van der Waals surface area contributed by atoms with E-state index >= 15 is 0 Å². The lowest BCUT2D eigenvalue weighted by Crippen LogP contribution is -2.54. The van der Waals surface area contributed by atoms with E-state index in [0.29, 0.717) is 0 Å². The van der Waals surface area contributed by atoms with Crippen molar-refractivity contribution in [1.29, 1.82) is 0 Å². The number of hydrogen-bond acceptors (Lipinski definition) is 4. The van der Waals surface area contributed by atoms with E-state index in [2.05, 4.69) is 4.90 Å². The fraction of sp³-hybridized carbons (Fsp3) is 0.625. The Morgan fingerprint density at radius 3 is 2.71 bits per heavy atom. The second-order valence-corrected chi connectivity index (χ2v) is 6.36. The van der Waals surface area contributed by atoms with Crippen LogP contribution in [0.4, 0.5) is 4.39 Å². The maximum Gasteiger partial charge on any atom is 0.123 e. The number of rotatable bonds is 5. The molecule has 4 nitrogen and oxygen atoms in total. The summed E-state index contributed by atoms with van der Waals surface area (Å²) in [5.41, 5.74) is 6.86. The van der Waals surface area contributed by atoms with E-state index in [9.17, 15) is 9.50 Å². The SMILES string of the molecule is CC1(C)CN(CCC(N)c2ccc(F)cc2)CC(CO)O1. The number of aliphatic hydroxyl groups is 1. The highest BCUT2D eigenvalue weighted by atomic mass is 19.1. The molecule has 118 valence electrons. The van der Waals surface area contributed by atoms with Crippen LogP contribution in [0.3, 0.4) is 0 Å². The lowest BCUT2D eigenvalue weighted by Gasteiger charge is -2.42. The molecule has 1 aliphatic rings. The first-order chi connectivity index (χ1) is 9.89. The van der Waals surface area contributed by atoms with Gasteiger partial charge in [0, 0.05) is 25.7 Å². The summed E-state index contributed by atoms with van der Waals surface area (Å²) in [5.74, 6) is -0.244. The Hall–Kier alpha value is -1.01. The number of ether oxygens (including phenoxy) is 1. The molecular formula is C16H25FN2O2. The first-order valence-corrected chi connectivity index (χ1v) is 7.42. The van der Waals surface area contributed by atoms with Gasteiger partial charge in [0.1, 0.15) is 5.82 Å². The summed E-state index contributed by atoms with van der Waals surface area (Å²) >= 11 is 0. The summed E-state index contributed by atoms with van der Waals surface area (Å²) in [6, 6.07) is 6.24. The van der Waals surface area contributed by atoms with E-state index in [1.807, 2.05) is 13.8 Å². The monoisotopic (exact) mass is 296 g/mol. The van der Waals surface area contributed by atoms with E-state index in [4.69, 9.17) is 10.5 Å². The first-order valence-electron chi connectivity index (χ1n) is 7.42. The Kier molecular flexibility index (Phi) is 5.32. The Balaban J connectivity index is 1.88. The van der Waals surface area contributed by atoms with Crippen LogP contribution in [0.5, 0.6) is 0 Å². The smallest absolute Gasteiger partial charge is 0.123 e. The van der Waals surface area contributed by atoms with Gasteiger partial charge in [-0.3, -0.25) is 4.90 Å². The van der Waals surface area contributed by atoms with Gasteiger partial charge in [0.25, 0.3) is 0 Å². The van der Waals surface area contributed by atoms with Crippen LogP contribution in [0.1, 0.15) is 31.9 Å². The van der Waals surface area contributed by atoms with Crippen molar-refractivity contribution in [2.75, 3.05) is 26.2 Å². The minimum absolute atomic E-state index is 0.0317. The molecule has 2 unspecified atom stereocenters. The molecule has 0 spiro atoms. The molecule has 1 fully saturated rings. The van der Waals surface area contributed by atoms with Crippen molar-refractivity contribution in [3.05, 3.63) is 35.6 Å². The molecule has 1 aliphatic heterocycles. The van der Waals surface area contributed by atoms with Crippen molar-refractivity contribution in [1.82, 2.24) is 4.90 Å². The average Bonchev–Trinajstić information content (AvgIpc) is 2.44. The van der Waals surface area contributed by atoms with Crippen molar-refractivity contribution >= 4 is 0 Å². The topological polar surface area (TPSA) is 58.7 Å². The first kappa shape index (κ1) is 16.4. The summed E-state index contributed by atoms with van der Waals surface area (Å²) in [4.78, 5) is 2.27. The largest absolute Gasteiger partial charge is 0.394 e. The van der Waals surface area contributed by atoms with Crippen LogP contribution in [-0.4, -0.2) is 48.0 Å². The van der Waals surface area contributed by atoms with Crippen LogP contribution in [-0.2, 0) is 4.74 Å². The van der Waals surface area contributed by atoms with Crippen LogP contribution >= 0.6 is 0 Å². The zero-order valence-corrected chi connectivity index (χ0v) is 12.8. The number of benzene rings is 1. The molecule has 1 saturated heterocycles. The van der Waals surface area contributed by atoms with Crippen LogP contribution < -0.4 is 5.73 Å². The van der Waals surface area contributed by atoms with E-state index in [1.54, 1.807) is 12.1 Å². The molecule has 0 saturated carbocycles. The lowest BCUT2D eigenvalue weighted by atomic mass is 10.0. The number of halogens is 1. The summed E-state index contributed by atoms with van der Waals surface area (Å²) in [6.07, 6.45) is 0.649. The molecule has 1 aromatic rings. The van der Waals surface area contributed by atoms with Crippen molar-refractivity contribution in [3.8, 4) is 0 Å². The molecule has 0 aliphatic carbocycles. The zero-order valence-electron chi connectivity index (χ0n) is 12.8. The molecule has 5 heteroatoms. The Morgan fingerprint density at radius 1 is 1.43 bits per heavy atom. The number of nitrogens with two attached hydrogens (primary N) is 1. The molecule has 1 aromatic carbocycles. The summed E-state index contributed by atoms with van der Waals surface area (Å²) in [6.45, 7) is 6.46. The summed E-state index contributed by atoms with van der Waals surface area (Å²) in [5, 5.41) is 9.31. The third-order valence-electron chi connectivity index (χ3n) is 3.81. The van der Waals surface area contributed by atoms with Gasteiger partial charge in [0.2, 0.25) is 0 Å². The highest BCUT2D eigenvalue weighted by Crippen LogP contribution is 2.22. The zero-order chi connectivity index (χ0) is 15.5. The van der Waals surface area contributed by atoms with Crippen LogP contribution in [0, 0.1) is 5.82 Å². The highest BCUT2D eigenvalue weighted by Gasteiger charge is 2.32. The molecule has 0 aromatic heterocycles. The van der Waals surface area contributed by atoms with Gasteiger partial charge in [0.15, 0.2) is 0 Å². The van der Waals surface area contributed by atoms with Crippen LogP contribution in [0.2, 0.25) is 0 Å². The van der Waals surface area contributed by atoms with Gasteiger partial charge >= 0.3 is 0 Å². The second kappa shape index (κ2) is 6.83. The normalized spacial score (nSPS) is 24.0. The fourth-order valence-electron chi connectivity index (χ4n) is 2.88. The van der Waals surface area contributed by atoms with Gasteiger partial charge in [-0.1, -0.05) is 12.1 Å². The standard InChI is InChI=1S/C16H25FN2O2/c1-16(2)11-19(9-14(10-20)21-16)8-7-15(18)12-3-5-13(17)6-4-12/h3-6,14-15,20H,7-11,18H2,1-2H3. The van der Waals surface area contributed by atoms with Gasteiger partial charge in [-0.2, -0.15) is 0 Å². The lowest BCUT2D eigenvalue weighted by molar-refractivity contribution is -0.149. The van der Waals surface area contributed by atoms with Gasteiger partial charge in [0.05, 0.1) is 18.3 Å². The van der Waals surface area contributed by atoms with Crippen molar-refractivity contribution < 1.29 is 14.2 Å². The van der Waals surface area contributed by atoms with Gasteiger partial charge in [-0.25, -0.2) is 4.39 Å². The quantitative estimate of drug-likeness (QED) is 0.868. The third kappa shape index (κ3) is 4.74.